The standard InChI is InChI=1S/C22H27N5O3/c1-25-15-17(14-24-25)16-12-19-20(13-16)23-5-2-21(19)26-6-8-27(9-7-26)22(28)30-18-3-10-29-11-4-18/h2,5,12,14-15,18H,3-4,6-11,13H2,1H3. The molecule has 0 N–H and O–H groups in total. The van der Waals surface area contributed by atoms with Crippen LogP contribution in [0.15, 0.2) is 24.7 Å². The zero-order chi connectivity index (χ0) is 20.5. The molecule has 30 heavy (non-hydrogen) atoms. The van der Waals surface area contributed by atoms with Gasteiger partial charge in [0.05, 0.1) is 25.1 Å². The van der Waals surface area contributed by atoms with E-state index in [1.165, 1.54) is 16.8 Å². The molecule has 5 rings (SSSR count). The number of amides is 1. The molecule has 0 spiro atoms. The van der Waals surface area contributed by atoms with Crippen LogP contribution in [0.1, 0.15) is 29.7 Å². The van der Waals surface area contributed by atoms with E-state index in [4.69, 9.17) is 9.47 Å². The molecule has 0 saturated carbocycles. The summed E-state index contributed by atoms with van der Waals surface area (Å²) in [6, 6.07) is 2.08. The van der Waals surface area contributed by atoms with Gasteiger partial charge in [-0.05, 0) is 17.7 Å². The van der Waals surface area contributed by atoms with Gasteiger partial charge < -0.3 is 19.3 Å². The maximum absolute atomic E-state index is 12.5. The fraction of sp³-hybridized carbons (Fsp3) is 0.500. The summed E-state index contributed by atoms with van der Waals surface area (Å²) in [7, 11) is 1.93. The zero-order valence-electron chi connectivity index (χ0n) is 17.3. The maximum Gasteiger partial charge on any atom is 0.410 e. The minimum atomic E-state index is -0.194. The minimum Gasteiger partial charge on any atom is -0.446 e. The number of ether oxygens (including phenoxy) is 2. The molecule has 3 aliphatic rings. The van der Waals surface area contributed by atoms with Crippen LogP contribution in [-0.2, 0) is 22.9 Å². The molecule has 158 valence electrons. The van der Waals surface area contributed by atoms with Crippen LogP contribution >= 0.6 is 0 Å². The highest BCUT2D eigenvalue weighted by Crippen LogP contribution is 2.36. The molecule has 2 aromatic rings. The Hall–Kier alpha value is -2.87. The van der Waals surface area contributed by atoms with Gasteiger partial charge in [-0.15, -0.1) is 0 Å². The second-order valence-electron chi connectivity index (χ2n) is 8.11. The van der Waals surface area contributed by atoms with E-state index in [2.05, 4.69) is 27.1 Å². The third-order valence-corrected chi connectivity index (χ3v) is 6.12. The Balaban J connectivity index is 1.25. The summed E-state index contributed by atoms with van der Waals surface area (Å²) in [6.07, 6.45) is 10.3. The molecule has 2 saturated heterocycles. The van der Waals surface area contributed by atoms with Crippen LogP contribution in [0.2, 0.25) is 0 Å². The summed E-state index contributed by atoms with van der Waals surface area (Å²) in [5, 5.41) is 4.29. The number of allylic oxidation sites excluding steroid dienone is 1. The second-order valence-corrected chi connectivity index (χ2v) is 8.11. The monoisotopic (exact) mass is 409 g/mol. The quantitative estimate of drug-likeness (QED) is 0.775. The Labute approximate surface area is 176 Å². The third kappa shape index (κ3) is 3.79. The number of carbonyl (C=O) groups is 1. The summed E-state index contributed by atoms with van der Waals surface area (Å²) in [5.41, 5.74) is 5.87. The van der Waals surface area contributed by atoms with Crippen molar-refractivity contribution < 1.29 is 14.3 Å². The zero-order valence-corrected chi connectivity index (χ0v) is 17.3. The smallest absolute Gasteiger partial charge is 0.410 e. The number of anilines is 1. The van der Waals surface area contributed by atoms with Crippen LogP contribution < -0.4 is 4.90 Å². The average molecular weight is 409 g/mol. The van der Waals surface area contributed by atoms with Gasteiger partial charge in [-0.3, -0.25) is 9.67 Å². The maximum atomic E-state index is 12.5. The highest BCUT2D eigenvalue weighted by atomic mass is 16.6. The number of carbonyl (C=O) groups excluding carboxylic acids is 1. The number of aryl methyl sites for hydroxylation is 1. The Morgan fingerprint density at radius 3 is 2.73 bits per heavy atom. The molecule has 2 fully saturated rings. The van der Waals surface area contributed by atoms with Crippen LogP contribution in [0.25, 0.3) is 11.6 Å². The predicted octanol–water partition coefficient (Wildman–Crippen LogP) is 2.35. The first-order valence-corrected chi connectivity index (χ1v) is 10.6. The second kappa shape index (κ2) is 8.10. The summed E-state index contributed by atoms with van der Waals surface area (Å²) in [6.45, 7) is 4.25. The number of nitrogens with zero attached hydrogens (tertiary/aromatic N) is 5. The molecule has 1 aliphatic carbocycles. The van der Waals surface area contributed by atoms with Crippen molar-refractivity contribution in [1.29, 1.82) is 0 Å². The van der Waals surface area contributed by atoms with Gasteiger partial charge in [0.2, 0.25) is 0 Å². The van der Waals surface area contributed by atoms with E-state index in [1.54, 1.807) is 0 Å². The fourth-order valence-electron chi connectivity index (χ4n) is 4.40. The van der Waals surface area contributed by atoms with Gasteiger partial charge in [0.25, 0.3) is 0 Å². The van der Waals surface area contributed by atoms with Gasteiger partial charge in [-0.25, -0.2) is 4.79 Å². The van der Waals surface area contributed by atoms with Crippen LogP contribution in [-0.4, -0.2) is 71.3 Å². The lowest BCUT2D eigenvalue weighted by Crippen LogP contribution is -2.50. The number of aromatic nitrogens is 3. The topological polar surface area (TPSA) is 72.7 Å². The minimum absolute atomic E-state index is 0.0104. The van der Waals surface area contributed by atoms with Crippen molar-refractivity contribution in [1.82, 2.24) is 19.7 Å². The van der Waals surface area contributed by atoms with Gasteiger partial charge in [-0.1, -0.05) is 0 Å². The molecular formula is C22H27N5O3. The molecule has 0 unspecified atom stereocenters. The van der Waals surface area contributed by atoms with E-state index in [9.17, 15) is 4.79 Å². The van der Waals surface area contributed by atoms with Crippen LogP contribution in [0.5, 0.6) is 0 Å². The summed E-state index contributed by atoms with van der Waals surface area (Å²) < 4.78 is 12.8. The van der Waals surface area contributed by atoms with Crippen molar-refractivity contribution in [3.8, 4) is 0 Å². The number of hydrogen-bond acceptors (Lipinski definition) is 6. The first-order chi connectivity index (χ1) is 14.7. The van der Waals surface area contributed by atoms with Gasteiger partial charge >= 0.3 is 6.09 Å². The Morgan fingerprint density at radius 1 is 1.20 bits per heavy atom. The third-order valence-electron chi connectivity index (χ3n) is 6.12. The van der Waals surface area contributed by atoms with E-state index in [0.717, 1.165) is 43.6 Å². The molecule has 0 bridgehead atoms. The number of hydrogen-bond donors (Lipinski definition) is 0. The highest BCUT2D eigenvalue weighted by Gasteiger charge is 2.28. The molecule has 8 nitrogen and oxygen atoms in total. The lowest BCUT2D eigenvalue weighted by atomic mass is 10.1. The first-order valence-electron chi connectivity index (χ1n) is 10.6. The number of pyridine rings is 1. The fourth-order valence-corrected chi connectivity index (χ4v) is 4.40. The molecule has 2 aliphatic heterocycles. The van der Waals surface area contributed by atoms with E-state index in [0.29, 0.717) is 26.3 Å². The molecule has 0 atom stereocenters. The van der Waals surface area contributed by atoms with Crippen molar-refractivity contribution >= 4 is 23.4 Å². The predicted molar refractivity (Wildman–Crippen MR) is 113 cm³/mol. The van der Waals surface area contributed by atoms with Crippen molar-refractivity contribution in [2.24, 2.45) is 7.05 Å². The van der Waals surface area contributed by atoms with Crippen molar-refractivity contribution in [2.45, 2.75) is 25.4 Å². The summed E-state index contributed by atoms with van der Waals surface area (Å²) in [4.78, 5) is 21.3. The SMILES string of the molecule is Cn1cc(C2=Cc3c(N4CCN(C(=O)OC5CCOCC5)CC4)ccnc3C2)cn1. The lowest BCUT2D eigenvalue weighted by Gasteiger charge is -2.37. The Bertz CT molecular complexity index is 955. The largest absolute Gasteiger partial charge is 0.446 e. The van der Waals surface area contributed by atoms with Crippen LogP contribution in [0, 0.1) is 0 Å². The Morgan fingerprint density at radius 2 is 2.00 bits per heavy atom. The molecule has 4 heterocycles. The van der Waals surface area contributed by atoms with Crippen LogP contribution in [0.4, 0.5) is 10.5 Å². The first kappa shape index (κ1) is 19.1. The highest BCUT2D eigenvalue weighted by molar-refractivity contribution is 5.91. The molecule has 0 aromatic carbocycles. The molecule has 0 radical (unpaired) electrons. The number of piperazine rings is 1. The van der Waals surface area contributed by atoms with Crippen molar-refractivity contribution in [2.75, 3.05) is 44.3 Å². The summed E-state index contributed by atoms with van der Waals surface area (Å²) in [5.74, 6) is 0. The molecule has 2 aromatic heterocycles. The lowest BCUT2D eigenvalue weighted by molar-refractivity contribution is -0.0106. The number of fused-ring (bicyclic) bond motifs is 1. The normalized spacial score (nSPS) is 19.6. The molecule has 8 heteroatoms. The molecule has 1 amide bonds. The van der Waals surface area contributed by atoms with E-state index in [1.807, 2.05) is 35.2 Å². The van der Waals surface area contributed by atoms with E-state index >= 15 is 0 Å². The Kier molecular flexibility index (Phi) is 5.16. The van der Waals surface area contributed by atoms with E-state index < -0.39 is 0 Å². The van der Waals surface area contributed by atoms with Gasteiger partial charge in [0.15, 0.2) is 0 Å². The average Bonchev–Trinajstić information content (AvgIpc) is 3.40. The number of rotatable bonds is 3. The van der Waals surface area contributed by atoms with Gasteiger partial charge in [0.1, 0.15) is 6.10 Å². The van der Waals surface area contributed by atoms with Crippen molar-refractivity contribution in [3.63, 3.8) is 0 Å². The van der Waals surface area contributed by atoms with Crippen LogP contribution in [0.3, 0.4) is 0 Å². The van der Waals surface area contributed by atoms with Gasteiger partial charge in [0, 0.05) is 81.7 Å². The van der Waals surface area contributed by atoms with Gasteiger partial charge in [-0.2, -0.15) is 5.10 Å². The molecular weight excluding hydrogens is 382 g/mol. The van der Waals surface area contributed by atoms with E-state index in [-0.39, 0.29) is 12.2 Å². The van der Waals surface area contributed by atoms with Crippen molar-refractivity contribution in [3.05, 3.63) is 41.5 Å². The summed E-state index contributed by atoms with van der Waals surface area (Å²) >= 11 is 0.